The lowest BCUT2D eigenvalue weighted by atomic mass is 9.95. The Kier molecular flexibility index (Phi) is 5.71. The maximum atomic E-state index is 14.6. The van der Waals surface area contributed by atoms with Crippen LogP contribution in [-0.4, -0.2) is 16.8 Å². The van der Waals surface area contributed by atoms with Gasteiger partial charge in [0.05, 0.1) is 27.3 Å². The third kappa shape index (κ3) is 3.74. The smallest absolute Gasteiger partial charge is 0.300 e. The molecule has 3 aromatic rings. The summed E-state index contributed by atoms with van der Waals surface area (Å²) >= 11 is 11.9. The number of anilines is 1. The predicted molar refractivity (Wildman–Crippen MR) is 114 cm³/mol. The van der Waals surface area contributed by atoms with Gasteiger partial charge in [0.15, 0.2) is 0 Å². The lowest BCUT2D eigenvalue weighted by Crippen LogP contribution is -2.30. The zero-order chi connectivity index (χ0) is 23.2. The predicted octanol–water partition coefficient (Wildman–Crippen LogP) is 6.04. The number of benzene rings is 3. The van der Waals surface area contributed by atoms with E-state index in [1.165, 1.54) is 30.3 Å². The summed E-state index contributed by atoms with van der Waals surface area (Å²) in [6.45, 7) is 0. The third-order valence-electron chi connectivity index (χ3n) is 4.99. The minimum absolute atomic E-state index is 0.0734. The van der Waals surface area contributed by atoms with Gasteiger partial charge in [-0.1, -0.05) is 35.3 Å². The van der Waals surface area contributed by atoms with Crippen LogP contribution < -0.4 is 4.90 Å². The molecule has 0 saturated carbocycles. The molecule has 1 amide bonds. The van der Waals surface area contributed by atoms with Crippen LogP contribution in [0.25, 0.3) is 5.76 Å². The Hall–Kier alpha value is -3.29. The van der Waals surface area contributed by atoms with Crippen LogP contribution in [0.4, 0.5) is 18.9 Å². The number of aliphatic hydroxyl groups excluding tert-OH is 1. The molecule has 1 heterocycles. The second kappa shape index (κ2) is 8.33. The summed E-state index contributed by atoms with van der Waals surface area (Å²) in [7, 11) is 0. The van der Waals surface area contributed by atoms with Gasteiger partial charge in [0.25, 0.3) is 11.7 Å². The van der Waals surface area contributed by atoms with Crippen LogP contribution >= 0.6 is 23.2 Å². The van der Waals surface area contributed by atoms with Crippen molar-refractivity contribution in [3.05, 3.63) is 105 Å². The number of ketones is 1. The molecule has 1 N–H and O–H groups in total. The van der Waals surface area contributed by atoms with E-state index in [-0.39, 0.29) is 21.2 Å². The van der Waals surface area contributed by atoms with Gasteiger partial charge in [0.1, 0.15) is 23.2 Å². The molecule has 1 aliphatic rings. The molecule has 1 aliphatic heterocycles. The molecule has 0 spiro atoms. The van der Waals surface area contributed by atoms with E-state index in [0.29, 0.717) is 0 Å². The maximum Gasteiger partial charge on any atom is 0.300 e. The van der Waals surface area contributed by atoms with E-state index < -0.39 is 52.2 Å². The number of amides is 1. The van der Waals surface area contributed by atoms with Gasteiger partial charge >= 0.3 is 0 Å². The van der Waals surface area contributed by atoms with Crippen molar-refractivity contribution in [2.75, 3.05) is 4.90 Å². The number of nitrogens with zero attached hydrogens (tertiary/aromatic N) is 1. The van der Waals surface area contributed by atoms with Crippen molar-refractivity contribution in [3.8, 4) is 0 Å². The normalized spacial score (nSPS) is 17.8. The second-order valence-corrected chi connectivity index (χ2v) is 7.76. The van der Waals surface area contributed by atoms with Crippen LogP contribution in [0, 0.1) is 17.5 Å². The summed E-state index contributed by atoms with van der Waals surface area (Å²) in [5.41, 5.74) is -0.640. The summed E-state index contributed by atoms with van der Waals surface area (Å²) in [5.74, 6) is -5.32. The number of Topliss-reactive ketones (excluding diaryl/α,β-unsaturated/α-hetero) is 1. The molecule has 1 unspecified atom stereocenters. The molecular formula is C23H12Cl2F3NO3. The van der Waals surface area contributed by atoms with Gasteiger partial charge in [-0.3, -0.25) is 14.5 Å². The molecule has 0 aromatic heterocycles. The van der Waals surface area contributed by atoms with Crippen molar-refractivity contribution >= 4 is 46.3 Å². The summed E-state index contributed by atoms with van der Waals surface area (Å²) in [5, 5.41) is 11.2. The van der Waals surface area contributed by atoms with Gasteiger partial charge in [0.2, 0.25) is 0 Å². The molecule has 0 radical (unpaired) electrons. The zero-order valence-corrected chi connectivity index (χ0v) is 17.5. The number of hydrogen-bond acceptors (Lipinski definition) is 3. The third-order valence-corrected chi connectivity index (χ3v) is 5.73. The average molecular weight is 478 g/mol. The average Bonchev–Trinajstić information content (AvgIpc) is 3.02. The molecule has 1 fully saturated rings. The fourth-order valence-electron chi connectivity index (χ4n) is 3.51. The highest BCUT2D eigenvalue weighted by Gasteiger charge is 2.47. The number of rotatable bonds is 3. The van der Waals surface area contributed by atoms with Crippen LogP contribution in [0.1, 0.15) is 17.2 Å². The van der Waals surface area contributed by atoms with E-state index in [1.54, 1.807) is 0 Å². The second-order valence-electron chi connectivity index (χ2n) is 6.95. The Balaban J connectivity index is 1.99. The Labute approximate surface area is 190 Å². The first-order valence-electron chi connectivity index (χ1n) is 9.16. The monoisotopic (exact) mass is 477 g/mol. The van der Waals surface area contributed by atoms with E-state index in [2.05, 4.69) is 0 Å². The number of halogens is 5. The van der Waals surface area contributed by atoms with E-state index in [4.69, 9.17) is 23.2 Å². The van der Waals surface area contributed by atoms with E-state index in [1.807, 2.05) is 0 Å². The van der Waals surface area contributed by atoms with E-state index in [9.17, 15) is 27.9 Å². The van der Waals surface area contributed by atoms with Crippen molar-refractivity contribution in [3.63, 3.8) is 0 Å². The molecule has 0 aliphatic carbocycles. The van der Waals surface area contributed by atoms with Crippen LogP contribution in [0.2, 0.25) is 10.0 Å². The fourth-order valence-corrected chi connectivity index (χ4v) is 3.81. The van der Waals surface area contributed by atoms with Crippen molar-refractivity contribution in [2.45, 2.75) is 6.04 Å². The zero-order valence-electron chi connectivity index (χ0n) is 16.0. The van der Waals surface area contributed by atoms with Crippen molar-refractivity contribution in [1.82, 2.24) is 0 Å². The topological polar surface area (TPSA) is 57.6 Å². The molecule has 0 bridgehead atoms. The largest absolute Gasteiger partial charge is 0.507 e. The van der Waals surface area contributed by atoms with Crippen LogP contribution in [0.3, 0.4) is 0 Å². The maximum absolute atomic E-state index is 14.6. The summed E-state index contributed by atoms with van der Waals surface area (Å²) in [4.78, 5) is 26.6. The molecule has 162 valence electrons. The van der Waals surface area contributed by atoms with Crippen LogP contribution in [0.15, 0.2) is 66.2 Å². The lowest BCUT2D eigenvalue weighted by Gasteiger charge is -2.25. The Morgan fingerprint density at radius 3 is 2.16 bits per heavy atom. The SMILES string of the molecule is O=C1C(=O)N(c2cc(F)ccc2F)C(c2ccc(F)cc2)/C1=C(\O)c1ccc(Cl)c(Cl)c1. The van der Waals surface area contributed by atoms with Gasteiger partial charge < -0.3 is 5.11 Å². The minimum Gasteiger partial charge on any atom is -0.507 e. The van der Waals surface area contributed by atoms with Gasteiger partial charge in [-0.2, -0.15) is 0 Å². The lowest BCUT2D eigenvalue weighted by molar-refractivity contribution is -0.132. The molecule has 3 aromatic carbocycles. The van der Waals surface area contributed by atoms with E-state index in [0.717, 1.165) is 35.2 Å². The molecule has 32 heavy (non-hydrogen) atoms. The van der Waals surface area contributed by atoms with Gasteiger partial charge in [-0.15, -0.1) is 0 Å². The number of carbonyl (C=O) groups is 2. The minimum atomic E-state index is -1.36. The molecule has 1 saturated heterocycles. The quantitative estimate of drug-likeness (QED) is 0.284. The fraction of sp³-hybridized carbons (Fsp3) is 0.0435. The highest BCUT2D eigenvalue weighted by molar-refractivity contribution is 6.51. The van der Waals surface area contributed by atoms with Crippen molar-refractivity contribution < 1.29 is 27.9 Å². The highest BCUT2D eigenvalue weighted by Crippen LogP contribution is 2.43. The van der Waals surface area contributed by atoms with Crippen molar-refractivity contribution in [1.29, 1.82) is 0 Å². The van der Waals surface area contributed by atoms with Gasteiger partial charge in [0, 0.05) is 11.6 Å². The summed E-state index contributed by atoms with van der Waals surface area (Å²) in [6, 6.07) is 9.83. The van der Waals surface area contributed by atoms with Crippen LogP contribution in [-0.2, 0) is 9.59 Å². The Morgan fingerprint density at radius 2 is 1.50 bits per heavy atom. The van der Waals surface area contributed by atoms with Crippen molar-refractivity contribution in [2.24, 2.45) is 0 Å². The molecular weight excluding hydrogens is 466 g/mol. The Bertz CT molecular complexity index is 1290. The highest BCUT2D eigenvalue weighted by atomic mass is 35.5. The van der Waals surface area contributed by atoms with Gasteiger partial charge in [-0.05, 0) is 48.0 Å². The van der Waals surface area contributed by atoms with E-state index >= 15 is 0 Å². The molecule has 9 heteroatoms. The first kappa shape index (κ1) is 21.9. The number of aliphatic hydroxyl groups is 1. The van der Waals surface area contributed by atoms with Crippen LogP contribution in [0.5, 0.6) is 0 Å². The molecule has 1 atom stereocenters. The number of carbonyl (C=O) groups excluding carboxylic acids is 2. The summed E-state index contributed by atoms with van der Waals surface area (Å²) in [6.07, 6.45) is 0. The first-order chi connectivity index (χ1) is 15.2. The first-order valence-corrected chi connectivity index (χ1v) is 9.91. The molecule has 4 nitrogen and oxygen atoms in total. The number of hydrogen-bond donors (Lipinski definition) is 1. The standard InChI is InChI=1S/C23H12Cl2F3NO3/c24-15-7-3-12(9-16(15)25)21(30)19-20(11-1-4-13(26)5-2-11)29(23(32)22(19)31)18-10-14(27)6-8-17(18)28/h1-10,20,30H/b21-19+. The Morgan fingerprint density at radius 1 is 0.844 bits per heavy atom. The molecule has 4 rings (SSSR count). The summed E-state index contributed by atoms with van der Waals surface area (Å²) < 4.78 is 42.0. The van der Waals surface area contributed by atoms with Gasteiger partial charge in [-0.25, -0.2) is 13.2 Å².